The van der Waals surface area contributed by atoms with E-state index in [4.69, 9.17) is 16.0 Å². The number of rotatable bonds is 4. The smallest absolute Gasteiger partial charge is 0.247 e. The van der Waals surface area contributed by atoms with E-state index in [0.29, 0.717) is 22.6 Å². The zero-order valence-electron chi connectivity index (χ0n) is 9.49. The van der Waals surface area contributed by atoms with Crippen molar-refractivity contribution < 1.29 is 4.42 Å². The normalized spacial score (nSPS) is 10.8. The number of nitrogens with zero attached hydrogens (tertiary/aromatic N) is 4. The SMILES string of the molecule is Clc1ccc(-c2nnc(CSc3nncs3)o2)cc1. The third-order valence-electron chi connectivity index (χ3n) is 2.22. The largest absolute Gasteiger partial charge is 0.420 e. The summed E-state index contributed by atoms with van der Waals surface area (Å²) in [6.07, 6.45) is 0. The third-order valence-corrected chi connectivity index (χ3v) is 4.31. The van der Waals surface area contributed by atoms with Gasteiger partial charge in [0.2, 0.25) is 11.8 Å². The molecule has 0 spiro atoms. The summed E-state index contributed by atoms with van der Waals surface area (Å²) in [7, 11) is 0. The summed E-state index contributed by atoms with van der Waals surface area (Å²) in [5.74, 6) is 1.63. The molecule has 0 unspecified atom stereocenters. The van der Waals surface area contributed by atoms with Crippen LogP contribution in [0.1, 0.15) is 5.89 Å². The van der Waals surface area contributed by atoms with E-state index in [1.165, 1.54) is 23.1 Å². The van der Waals surface area contributed by atoms with Crippen LogP contribution in [0.4, 0.5) is 0 Å². The zero-order valence-corrected chi connectivity index (χ0v) is 11.9. The highest BCUT2D eigenvalue weighted by atomic mass is 35.5. The highest BCUT2D eigenvalue weighted by Crippen LogP contribution is 2.25. The second kappa shape index (κ2) is 5.68. The molecule has 0 N–H and O–H groups in total. The Balaban J connectivity index is 1.70. The van der Waals surface area contributed by atoms with Crippen molar-refractivity contribution in [1.82, 2.24) is 20.4 Å². The van der Waals surface area contributed by atoms with E-state index in [0.717, 1.165) is 9.90 Å². The molecule has 96 valence electrons. The van der Waals surface area contributed by atoms with E-state index in [1.54, 1.807) is 17.6 Å². The maximum atomic E-state index is 5.83. The lowest BCUT2D eigenvalue weighted by Crippen LogP contribution is -1.79. The Morgan fingerprint density at radius 2 is 2.00 bits per heavy atom. The quantitative estimate of drug-likeness (QED) is 0.687. The van der Waals surface area contributed by atoms with E-state index < -0.39 is 0 Å². The molecule has 3 aromatic rings. The van der Waals surface area contributed by atoms with Gasteiger partial charge < -0.3 is 4.42 Å². The van der Waals surface area contributed by atoms with Gasteiger partial charge in [0.15, 0.2) is 4.34 Å². The number of aromatic nitrogens is 4. The van der Waals surface area contributed by atoms with Gasteiger partial charge in [-0.2, -0.15) is 0 Å². The van der Waals surface area contributed by atoms with Crippen molar-refractivity contribution in [2.45, 2.75) is 10.1 Å². The predicted octanol–water partition coefficient (Wildman–Crippen LogP) is 3.53. The Labute approximate surface area is 122 Å². The van der Waals surface area contributed by atoms with Crippen LogP contribution in [0, 0.1) is 0 Å². The van der Waals surface area contributed by atoms with Gasteiger partial charge in [-0.05, 0) is 24.3 Å². The molecule has 1 aromatic carbocycles. The molecule has 2 aromatic heterocycles. The zero-order chi connectivity index (χ0) is 13.1. The topological polar surface area (TPSA) is 64.7 Å². The predicted molar refractivity (Wildman–Crippen MR) is 74.2 cm³/mol. The molecule has 8 heteroatoms. The van der Waals surface area contributed by atoms with Crippen LogP contribution in [0.2, 0.25) is 5.02 Å². The summed E-state index contributed by atoms with van der Waals surface area (Å²) in [5, 5.41) is 16.4. The number of halogens is 1. The molecule has 0 aliphatic rings. The Hall–Kier alpha value is -1.44. The van der Waals surface area contributed by atoms with Crippen molar-refractivity contribution in [2.24, 2.45) is 0 Å². The molecule has 3 rings (SSSR count). The number of hydrogen-bond donors (Lipinski definition) is 0. The molecule has 0 saturated heterocycles. The van der Waals surface area contributed by atoms with Crippen molar-refractivity contribution in [3.63, 3.8) is 0 Å². The maximum absolute atomic E-state index is 5.83. The highest BCUT2D eigenvalue weighted by molar-refractivity contribution is 8.00. The van der Waals surface area contributed by atoms with E-state index in [2.05, 4.69) is 20.4 Å². The Bertz CT molecular complexity index is 654. The van der Waals surface area contributed by atoms with Gasteiger partial charge in [0.25, 0.3) is 0 Å². The van der Waals surface area contributed by atoms with Crippen LogP contribution in [0.25, 0.3) is 11.5 Å². The first-order valence-electron chi connectivity index (χ1n) is 5.28. The standard InChI is InChI=1S/C11H7ClN4OS2/c12-8-3-1-7(2-4-8)10-15-14-9(17-10)5-18-11-16-13-6-19-11/h1-4,6H,5H2. The first-order chi connectivity index (χ1) is 9.31. The average Bonchev–Trinajstić information content (AvgIpc) is 3.09. The molecular formula is C11H7ClN4OS2. The van der Waals surface area contributed by atoms with E-state index >= 15 is 0 Å². The van der Waals surface area contributed by atoms with Gasteiger partial charge in [0, 0.05) is 10.6 Å². The van der Waals surface area contributed by atoms with Crippen LogP contribution in [0.3, 0.4) is 0 Å². The maximum Gasteiger partial charge on any atom is 0.247 e. The van der Waals surface area contributed by atoms with Crippen molar-refractivity contribution in [3.05, 3.63) is 40.7 Å². The number of benzene rings is 1. The van der Waals surface area contributed by atoms with Crippen LogP contribution in [-0.2, 0) is 5.75 Å². The molecule has 0 fully saturated rings. The first kappa shape index (κ1) is 12.6. The molecule has 0 aliphatic carbocycles. The number of thioether (sulfide) groups is 1. The van der Waals surface area contributed by atoms with Crippen molar-refractivity contribution >= 4 is 34.7 Å². The Morgan fingerprint density at radius 3 is 2.74 bits per heavy atom. The molecule has 19 heavy (non-hydrogen) atoms. The summed E-state index contributed by atoms with van der Waals surface area (Å²) < 4.78 is 6.46. The Kier molecular flexibility index (Phi) is 3.77. The van der Waals surface area contributed by atoms with Crippen LogP contribution in [-0.4, -0.2) is 20.4 Å². The van der Waals surface area contributed by atoms with Crippen molar-refractivity contribution in [3.8, 4) is 11.5 Å². The molecule has 0 aliphatic heterocycles. The molecular weight excluding hydrogens is 304 g/mol. The van der Waals surface area contributed by atoms with Crippen LogP contribution in [0.15, 0.2) is 38.5 Å². The number of hydrogen-bond acceptors (Lipinski definition) is 7. The van der Waals surface area contributed by atoms with Crippen molar-refractivity contribution in [2.75, 3.05) is 0 Å². The fourth-order valence-corrected chi connectivity index (χ4v) is 2.82. The minimum Gasteiger partial charge on any atom is -0.420 e. The monoisotopic (exact) mass is 310 g/mol. The highest BCUT2D eigenvalue weighted by Gasteiger charge is 2.09. The van der Waals surface area contributed by atoms with E-state index in [1.807, 2.05) is 12.1 Å². The summed E-state index contributed by atoms with van der Waals surface area (Å²) in [5.41, 5.74) is 2.54. The first-order valence-corrected chi connectivity index (χ1v) is 7.53. The minimum atomic E-state index is 0.490. The third kappa shape index (κ3) is 3.12. The lowest BCUT2D eigenvalue weighted by molar-refractivity contribution is 0.528. The van der Waals surface area contributed by atoms with Gasteiger partial charge in [0.05, 0.1) is 5.75 Å². The van der Waals surface area contributed by atoms with Gasteiger partial charge >= 0.3 is 0 Å². The molecule has 0 bridgehead atoms. The van der Waals surface area contributed by atoms with E-state index in [9.17, 15) is 0 Å². The van der Waals surface area contributed by atoms with Gasteiger partial charge in [-0.15, -0.1) is 20.4 Å². The molecule has 0 amide bonds. The molecule has 0 atom stereocenters. The second-order valence-corrected chi connectivity index (χ2v) is 5.99. The van der Waals surface area contributed by atoms with Gasteiger partial charge in [-0.1, -0.05) is 34.7 Å². The van der Waals surface area contributed by atoms with Gasteiger partial charge in [-0.25, -0.2) is 0 Å². The summed E-state index contributed by atoms with van der Waals surface area (Å²) in [4.78, 5) is 0. The fourth-order valence-electron chi connectivity index (χ4n) is 1.37. The molecule has 0 saturated carbocycles. The fraction of sp³-hybridized carbons (Fsp3) is 0.0909. The minimum absolute atomic E-state index is 0.490. The van der Waals surface area contributed by atoms with E-state index in [-0.39, 0.29) is 0 Å². The van der Waals surface area contributed by atoms with Gasteiger partial charge in [-0.3, -0.25) is 0 Å². The lowest BCUT2D eigenvalue weighted by Gasteiger charge is -1.94. The molecule has 2 heterocycles. The summed E-state index contributed by atoms with van der Waals surface area (Å²) in [6, 6.07) is 7.27. The molecule has 5 nitrogen and oxygen atoms in total. The van der Waals surface area contributed by atoms with Crippen LogP contribution in [0.5, 0.6) is 0 Å². The second-order valence-electron chi connectivity index (χ2n) is 3.50. The summed E-state index contributed by atoms with van der Waals surface area (Å²) >= 11 is 8.83. The van der Waals surface area contributed by atoms with Crippen LogP contribution < -0.4 is 0 Å². The van der Waals surface area contributed by atoms with Crippen LogP contribution >= 0.6 is 34.7 Å². The average molecular weight is 311 g/mol. The molecule has 0 radical (unpaired) electrons. The Morgan fingerprint density at radius 1 is 1.16 bits per heavy atom. The van der Waals surface area contributed by atoms with Gasteiger partial charge in [0.1, 0.15) is 5.51 Å². The lowest BCUT2D eigenvalue weighted by atomic mass is 10.2. The summed E-state index contributed by atoms with van der Waals surface area (Å²) in [6.45, 7) is 0. The van der Waals surface area contributed by atoms with Crippen molar-refractivity contribution in [1.29, 1.82) is 0 Å².